The summed E-state index contributed by atoms with van der Waals surface area (Å²) in [6, 6.07) is 6.86. The van der Waals surface area contributed by atoms with Crippen molar-refractivity contribution in [1.29, 1.82) is 0 Å². The Balaban J connectivity index is 2.49. The molecular formula is C11H5BrCl2OS. The van der Waals surface area contributed by atoms with Gasteiger partial charge in [-0.1, -0.05) is 39.1 Å². The molecule has 0 aliphatic heterocycles. The average Bonchev–Trinajstić information content (AvgIpc) is 2.67. The van der Waals surface area contributed by atoms with Crippen molar-refractivity contribution in [3.63, 3.8) is 0 Å². The summed E-state index contributed by atoms with van der Waals surface area (Å²) in [5.41, 5.74) is 0.459. The molecule has 0 N–H and O–H groups in total. The third-order valence-corrected chi connectivity index (χ3v) is 4.16. The molecule has 1 aromatic heterocycles. The van der Waals surface area contributed by atoms with E-state index in [0.717, 1.165) is 4.47 Å². The maximum absolute atomic E-state index is 12.1. The maximum Gasteiger partial charge on any atom is 0.205 e. The molecule has 0 atom stereocenters. The van der Waals surface area contributed by atoms with Gasteiger partial charge in [0.2, 0.25) is 5.78 Å². The summed E-state index contributed by atoms with van der Waals surface area (Å²) in [6.45, 7) is 0. The minimum absolute atomic E-state index is 0.147. The summed E-state index contributed by atoms with van der Waals surface area (Å²) in [6.07, 6.45) is 0. The third-order valence-electron chi connectivity index (χ3n) is 2.00. The van der Waals surface area contributed by atoms with E-state index in [0.29, 0.717) is 20.5 Å². The Hall–Kier alpha value is -0.350. The average molecular weight is 336 g/mol. The van der Waals surface area contributed by atoms with Gasteiger partial charge in [-0.25, -0.2) is 0 Å². The Morgan fingerprint density at radius 1 is 1.19 bits per heavy atom. The van der Waals surface area contributed by atoms with Crippen LogP contribution in [0.2, 0.25) is 10.0 Å². The van der Waals surface area contributed by atoms with Gasteiger partial charge in [0.25, 0.3) is 0 Å². The molecule has 1 nitrogen and oxygen atoms in total. The van der Waals surface area contributed by atoms with Gasteiger partial charge in [-0.3, -0.25) is 4.79 Å². The lowest BCUT2D eigenvalue weighted by Crippen LogP contribution is -2.00. The van der Waals surface area contributed by atoms with E-state index in [9.17, 15) is 4.79 Å². The summed E-state index contributed by atoms with van der Waals surface area (Å²) < 4.78 is 0.813. The van der Waals surface area contributed by atoms with Gasteiger partial charge in [0.15, 0.2) is 0 Å². The number of carbonyl (C=O) groups is 1. The number of halogens is 3. The fourth-order valence-electron chi connectivity index (χ4n) is 1.25. The van der Waals surface area contributed by atoms with Crippen molar-refractivity contribution in [1.82, 2.24) is 0 Å². The molecule has 2 aromatic rings. The number of rotatable bonds is 2. The molecule has 0 aliphatic carbocycles. The molecule has 5 heteroatoms. The molecule has 0 fully saturated rings. The van der Waals surface area contributed by atoms with Crippen molar-refractivity contribution in [3.05, 3.63) is 54.6 Å². The molecule has 0 aliphatic rings. The Morgan fingerprint density at radius 3 is 2.56 bits per heavy atom. The van der Waals surface area contributed by atoms with Gasteiger partial charge < -0.3 is 0 Å². The van der Waals surface area contributed by atoms with E-state index in [2.05, 4.69) is 15.9 Å². The van der Waals surface area contributed by atoms with Gasteiger partial charge >= 0.3 is 0 Å². The largest absolute Gasteiger partial charge is 0.288 e. The molecule has 2 rings (SSSR count). The first-order valence-corrected chi connectivity index (χ1v) is 6.75. The Labute approximate surface area is 115 Å². The SMILES string of the molecule is O=C(c1cc(Br)ccc1Cl)c1sccc1Cl. The van der Waals surface area contributed by atoms with Crippen LogP contribution < -0.4 is 0 Å². The normalized spacial score (nSPS) is 10.4. The summed E-state index contributed by atoms with van der Waals surface area (Å²) in [7, 11) is 0. The third kappa shape index (κ3) is 2.33. The quantitative estimate of drug-likeness (QED) is 0.702. The molecule has 0 unspecified atom stereocenters. The highest BCUT2D eigenvalue weighted by molar-refractivity contribution is 9.10. The first kappa shape index (κ1) is 12.1. The zero-order chi connectivity index (χ0) is 11.7. The first-order valence-electron chi connectivity index (χ1n) is 4.32. The number of thiophene rings is 1. The van der Waals surface area contributed by atoms with Gasteiger partial charge in [-0.05, 0) is 29.6 Å². The molecule has 0 spiro atoms. The van der Waals surface area contributed by atoms with Crippen molar-refractivity contribution in [2.45, 2.75) is 0 Å². The Kier molecular flexibility index (Phi) is 3.70. The van der Waals surface area contributed by atoms with Gasteiger partial charge in [-0.2, -0.15) is 0 Å². The topological polar surface area (TPSA) is 17.1 Å². The second-order valence-corrected chi connectivity index (χ2v) is 5.70. The van der Waals surface area contributed by atoms with Crippen molar-refractivity contribution in [2.24, 2.45) is 0 Å². The lowest BCUT2D eigenvalue weighted by Gasteiger charge is -2.02. The van der Waals surface area contributed by atoms with E-state index in [1.807, 2.05) is 0 Å². The molecule has 82 valence electrons. The van der Waals surface area contributed by atoms with Gasteiger partial charge in [0.1, 0.15) is 0 Å². The lowest BCUT2D eigenvalue weighted by atomic mass is 10.1. The van der Waals surface area contributed by atoms with Crippen LogP contribution >= 0.6 is 50.5 Å². The molecular weight excluding hydrogens is 331 g/mol. The smallest absolute Gasteiger partial charge is 0.205 e. The van der Waals surface area contributed by atoms with Crippen LogP contribution in [0.3, 0.4) is 0 Å². The van der Waals surface area contributed by atoms with E-state index >= 15 is 0 Å². The van der Waals surface area contributed by atoms with E-state index in [1.165, 1.54) is 11.3 Å². The van der Waals surface area contributed by atoms with Crippen LogP contribution in [0.1, 0.15) is 15.2 Å². The van der Waals surface area contributed by atoms with Gasteiger partial charge in [0, 0.05) is 10.0 Å². The molecule has 0 bridgehead atoms. The van der Waals surface area contributed by atoms with Crippen LogP contribution in [0, 0.1) is 0 Å². The van der Waals surface area contributed by atoms with Crippen LogP contribution in [-0.2, 0) is 0 Å². The van der Waals surface area contributed by atoms with Crippen molar-refractivity contribution in [3.8, 4) is 0 Å². The lowest BCUT2D eigenvalue weighted by molar-refractivity contribution is 0.104. The van der Waals surface area contributed by atoms with Crippen molar-refractivity contribution >= 4 is 56.3 Å². The standard InChI is InChI=1S/C11H5BrCl2OS/c12-6-1-2-8(13)7(5-6)10(15)11-9(14)3-4-16-11/h1-5H. The fourth-order valence-corrected chi connectivity index (χ4v) is 2.91. The zero-order valence-corrected chi connectivity index (χ0v) is 11.8. The second-order valence-electron chi connectivity index (χ2n) is 3.05. The molecule has 1 aromatic carbocycles. The highest BCUT2D eigenvalue weighted by atomic mass is 79.9. The zero-order valence-electron chi connectivity index (χ0n) is 7.84. The minimum atomic E-state index is -0.147. The minimum Gasteiger partial charge on any atom is -0.288 e. The molecule has 16 heavy (non-hydrogen) atoms. The van der Waals surface area contributed by atoms with Crippen LogP contribution in [0.5, 0.6) is 0 Å². The van der Waals surface area contributed by atoms with Crippen molar-refractivity contribution in [2.75, 3.05) is 0 Å². The van der Waals surface area contributed by atoms with Crippen LogP contribution in [0.15, 0.2) is 34.1 Å². The predicted molar refractivity (Wildman–Crippen MR) is 71.9 cm³/mol. The number of carbonyl (C=O) groups excluding carboxylic acids is 1. The van der Waals surface area contributed by atoms with Crippen LogP contribution in [0.25, 0.3) is 0 Å². The van der Waals surface area contributed by atoms with E-state index in [-0.39, 0.29) is 5.78 Å². The van der Waals surface area contributed by atoms with E-state index in [4.69, 9.17) is 23.2 Å². The van der Waals surface area contributed by atoms with Crippen LogP contribution in [0.4, 0.5) is 0 Å². The van der Waals surface area contributed by atoms with Crippen molar-refractivity contribution < 1.29 is 4.79 Å². The molecule has 1 heterocycles. The first-order chi connectivity index (χ1) is 7.59. The number of ketones is 1. The summed E-state index contributed by atoms with van der Waals surface area (Å²) in [5.74, 6) is -0.147. The Morgan fingerprint density at radius 2 is 1.94 bits per heavy atom. The molecule has 0 saturated heterocycles. The predicted octanol–water partition coefficient (Wildman–Crippen LogP) is 5.05. The number of hydrogen-bond acceptors (Lipinski definition) is 2. The van der Waals surface area contributed by atoms with Crippen LogP contribution in [-0.4, -0.2) is 5.78 Å². The molecule has 0 amide bonds. The van der Waals surface area contributed by atoms with E-state index < -0.39 is 0 Å². The monoisotopic (exact) mass is 334 g/mol. The number of hydrogen-bond donors (Lipinski definition) is 0. The summed E-state index contributed by atoms with van der Waals surface area (Å²) in [4.78, 5) is 12.6. The summed E-state index contributed by atoms with van der Waals surface area (Å²) >= 11 is 16.5. The fraction of sp³-hybridized carbons (Fsp3) is 0. The second kappa shape index (κ2) is 4.88. The van der Waals surface area contributed by atoms with E-state index in [1.54, 1.807) is 29.6 Å². The summed E-state index contributed by atoms with van der Waals surface area (Å²) in [5, 5.41) is 2.67. The Bertz CT molecular complexity index is 551. The molecule has 0 radical (unpaired) electrons. The highest BCUT2D eigenvalue weighted by Gasteiger charge is 2.17. The highest BCUT2D eigenvalue weighted by Crippen LogP contribution is 2.29. The maximum atomic E-state index is 12.1. The molecule has 0 saturated carbocycles. The van der Waals surface area contributed by atoms with Gasteiger partial charge in [0.05, 0.1) is 14.9 Å². The van der Waals surface area contributed by atoms with Gasteiger partial charge in [-0.15, -0.1) is 11.3 Å². The number of benzene rings is 1.